The summed E-state index contributed by atoms with van der Waals surface area (Å²) in [6.45, 7) is 0. The van der Waals surface area contributed by atoms with Gasteiger partial charge in [-0.3, -0.25) is 0 Å². The molecule has 2 aliphatic carbocycles. The third-order valence-electron chi connectivity index (χ3n) is 4.48. The molecule has 2 rings (SSSR count). The molecule has 1 nitrogen and oxygen atoms in total. The molecule has 1 N–H and O–H groups in total. The Balaban J connectivity index is 1.82. The molecule has 4 unspecified atom stereocenters. The first-order valence-electron chi connectivity index (χ1n) is 6.79. The second kappa shape index (κ2) is 5.68. The van der Waals surface area contributed by atoms with Gasteiger partial charge in [0.1, 0.15) is 6.17 Å². The highest BCUT2D eigenvalue weighted by molar-refractivity contribution is 6.11. The highest BCUT2D eigenvalue weighted by Crippen LogP contribution is 2.39. The van der Waals surface area contributed by atoms with E-state index in [2.05, 4.69) is 0 Å². The van der Waals surface area contributed by atoms with E-state index in [4.69, 9.17) is 7.85 Å². The number of alkyl halides is 2. The van der Waals surface area contributed by atoms with Crippen LogP contribution in [0.5, 0.6) is 0 Å². The average Bonchev–Trinajstić information content (AvgIpc) is 2.33. The van der Waals surface area contributed by atoms with Crippen molar-refractivity contribution >= 4 is 7.85 Å². The quantitative estimate of drug-likeness (QED) is 0.738. The molecule has 96 valence electrons. The van der Waals surface area contributed by atoms with Gasteiger partial charge in [-0.15, -0.1) is 0 Å². The van der Waals surface area contributed by atoms with Crippen LogP contribution in [0.4, 0.5) is 8.78 Å². The molecule has 0 amide bonds. The van der Waals surface area contributed by atoms with E-state index < -0.39 is 18.4 Å². The van der Waals surface area contributed by atoms with E-state index in [1.54, 1.807) is 0 Å². The molecule has 2 saturated carbocycles. The summed E-state index contributed by atoms with van der Waals surface area (Å²) in [5.74, 6) is 0.600. The minimum atomic E-state index is -1.68. The zero-order chi connectivity index (χ0) is 12.4. The van der Waals surface area contributed by atoms with Gasteiger partial charge >= 0.3 is 0 Å². The van der Waals surface area contributed by atoms with E-state index in [0.29, 0.717) is 24.6 Å². The molecule has 0 aromatic heterocycles. The lowest BCUT2D eigenvalue weighted by Gasteiger charge is -2.36. The molecule has 2 fully saturated rings. The zero-order valence-corrected chi connectivity index (χ0v) is 10.2. The number of rotatable bonds is 2. The molecule has 0 aromatic rings. The van der Waals surface area contributed by atoms with Crippen molar-refractivity contribution < 1.29 is 13.9 Å². The van der Waals surface area contributed by atoms with Gasteiger partial charge in [0.15, 0.2) is 6.17 Å². The van der Waals surface area contributed by atoms with Gasteiger partial charge in [0.2, 0.25) is 0 Å². The van der Waals surface area contributed by atoms with Crippen LogP contribution in [0.2, 0.25) is 5.82 Å². The number of hydrogen-bond acceptors (Lipinski definition) is 1. The van der Waals surface area contributed by atoms with Crippen LogP contribution in [0, 0.1) is 11.8 Å². The van der Waals surface area contributed by atoms with Crippen molar-refractivity contribution in [3.63, 3.8) is 0 Å². The molecule has 0 spiro atoms. The Morgan fingerprint density at radius 3 is 2.24 bits per heavy atom. The van der Waals surface area contributed by atoms with Crippen LogP contribution in [0.3, 0.4) is 0 Å². The molecule has 0 bridgehead atoms. The van der Waals surface area contributed by atoms with E-state index in [1.807, 2.05) is 0 Å². The normalized spacial score (nSPS) is 47.9. The van der Waals surface area contributed by atoms with Crippen LogP contribution in [0.15, 0.2) is 0 Å². The smallest absolute Gasteiger partial charge is 0.157 e. The Morgan fingerprint density at radius 1 is 0.941 bits per heavy atom. The highest BCUT2D eigenvalue weighted by atomic mass is 19.2. The van der Waals surface area contributed by atoms with E-state index in [0.717, 1.165) is 32.1 Å². The van der Waals surface area contributed by atoms with E-state index in [-0.39, 0.29) is 5.92 Å². The van der Waals surface area contributed by atoms with Crippen molar-refractivity contribution in [2.24, 2.45) is 11.8 Å². The van der Waals surface area contributed by atoms with Crippen LogP contribution >= 0.6 is 0 Å². The summed E-state index contributed by atoms with van der Waals surface area (Å²) in [6, 6.07) is 0. The molecular formula is C13H21BF2O. The van der Waals surface area contributed by atoms with Crippen molar-refractivity contribution in [2.75, 3.05) is 0 Å². The molecule has 4 atom stereocenters. The van der Waals surface area contributed by atoms with Crippen molar-refractivity contribution in [2.45, 2.75) is 69.2 Å². The summed E-state index contributed by atoms with van der Waals surface area (Å²) in [5, 5.41) is 9.27. The fourth-order valence-electron chi connectivity index (χ4n) is 3.28. The number of aliphatic hydroxyl groups is 1. The van der Waals surface area contributed by atoms with Gasteiger partial charge in [-0.05, 0) is 31.1 Å². The van der Waals surface area contributed by atoms with E-state index in [9.17, 15) is 13.9 Å². The SMILES string of the molecule is [B]C1CCC(CC2CCC(O)C(F)C2F)CC1. The van der Waals surface area contributed by atoms with Gasteiger partial charge in [-0.1, -0.05) is 31.5 Å². The third-order valence-corrected chi connectivity index (χ3v) is 4.48. The average molecular weight is 242 g/mol. The maximum absolute atomic E-state index is 13.8. The lowest BCUT2D eigenvalue weighted by atomic mass is 9.69. The predicted octanol–water partition coefficient (Wildman–Crippen LogP) is 2.97. The summed E-state index contributed by atoms with van der Waals surface area (Å²) in [6.07, 6.45) is 1.64. The molecule has 0 heterocycles. The summed E-state index contributed by atoms with van der Waals surface area (Å²) in [5.41, 5.74) is 0. The molecule has 17 heavy (non-hydrogen) atoms. The number of aliphatic hydroxyl groups excluding tert-OH is 1. The Labute approximate surface area is 103 Å². The first kappa shape index (κ1) is 13.3. The number of hydrogen-bond donors (Lipinski definition) is 1. The molecule has 0 saturated heterocycles. The number of halogens is 2. The van der Waals surface area contributed by atoms with Crippen LogP contribution in [-0.4, -0.2) is 31.4 Å². The van der Waals surface area contributed by atoms with Gasteiger partial charge < -0.3 is 5.11 Å². The standard InChI is InChI=1S/C13H21BF2O/c14-10-4-1-8(2-5-10)7-9-3-6-11(17)13(16)12(9)15/h8-13,17H,1-7H2. The Morgan fingerprint density at radius 2 is 1.59 bits per heavy atom. The fraction of sp³-hybridized carbons (Fsp3) is 1.00. The van der Waals surface area contributed by atoms with Crippen LogP contribution in [0.1, 0.15) is 44.9 Å². The van der Waals surface area contributed by atoms with Crippen LogP contribution < -0.4 is 0 Å². The van der Waals surface area contributed by atoms with Crippen molar-refractivity contribution in [3.05, 3.63) is 0 Å². The van der Waals surface area contributed by atoms with Gasteiger partial charge in [-0.2, -0.15) is 0 Å². The summed E-state index contributed by atoms with van der Waals surface area (Å²) in [7, 11) is 5.83. The molecule has 0 aliphatic heterocycles. The lowest BCUT2D eigenvalue weighted by Crippen LogP contribution is -2.42. The second-order valence-electron chi connectivity index (χ2n) is 5.81. The maximum atomic E-state index is 13.8. The molecule has 0 aromatic carbocycles. The van der Waals surface area contributed by atoms with Gasteiger partial charge in [0, 0.05) is 0 Å². The first-order valence-corrected chi connectivity index (χ1v) is 6.79. The first-order chi connectivity index (χ1) is 8.08. The molecule has 4 heteroatoms. The Kier molecular flexibility index (Phi) is 4.45. The predicted molar refractivity (Wildman–Crippen MR) is 64.6 cm³/mol. The van der Waals surface area contributed by atoms with E-state index >= 15 is 0 Å². The van der Waals surface area contributed by atoms with Crippen molar-refractivity contribution in [1.29, 1.82) is 0 Å². The van der Waals surface area contributed by atoms with Gasteiger partial charge in [-0.25, -0.2) is 8.78 Å². The maximum Gasteiger partial charge on any atom is 0.157 e. The molecular weight excluding hydrogens is 221 g/mol. The van der Waals surface area contributed by atoms with Gasteiger partial charge in [0.25, 0.3) is 0 Å². The monoisotopic (exact) mass is 242 g/mol. The van der Waals surface area contributed by atoms with Crippen LogP contribution in [0.25, 0.3) is 0 Å². The largest absolute Gasteiger partial charge is 0.390 e. The minimum absolute atomic E-state index is 0.201. The van der Waals surface area contributed by atoms with Gasteiger partial charge in [0.05, 0.1) is 14.0 Å². The highest BCUT2D eigenvalue weighted by Gasteiger charge is 2.40. The molecule has 2 radical (unpaired) electrons. The summed E-state index contributed by atoms with van der Waals surface area (Å²) >= 11 is 0. The lowest BCUT2D eigenvalue weighted by molar-refractivity contribution is -0.0406. The third kappa shape index (κ3) is 3.21. The zero-order valence-electron chi connectivity index (χ0n) is 10.2. The van der Waals surface area contributed by atoms with Crippen molar-refractivity contribution in [3.8, 4) is 0 Å². The summed E-state index contributed by atoms with van der Waals surface area (Å²) < 4.78 is 27.2. The Hall–Kier alpha value is -0.115. The summed E-state index contributed by atoms with van der Waals surface area (Å²) in [4.78, 5) is 0. The topological polar surface area (TPSA) is 20.2 Å². The van der Waals surface area contributed by atoms with E-state index in [1.165, 1.54) is 0 Å². The van der Waals surface area contributed by atoms with Crippen LogP contribution in [-0.2, 0) is 0 Å². The second-order valence-corrected chi connectivity index (χ2v) is 5.81. The Bertz CT molecular complexity index is 244. The minimum Gasteiger partial charge on any atom is -0.390 e. The van der Waals surface area contributed by atoms with Crippen molar-refractivity contribution in [1.82, 2.24) is 0 Å². The fourth-order valence-corrected chi connectivity index (χ4v) is 3.28. The molecule has 2 aliphatic rings.